The van der Waals surface area contributed by atoms with Crippen LogP contribution in [0.25, 0.3) is 0 Å². The fourth-order valence-electron chi connectivity index (χ4n) is 0. The van der Waals surface area contributed by atoms with Gasteiger partial charge in [0.1, 0.15) is 0 Å². The largest absolute Gasteiger partial charge is 1.00 e. The summed E-state index contributed by atoms with van der Waals surface area (Å²) in [7, 11) is -8.31. The van der Waals surface area contributed by atoms with Gasteiger partial charge in [-0.1, -0.05) is 0 Å². The van der Waals surface area contributed by atoms with Crippen LogP contribution in [-0.2, 0) is 4.57 Å². The van der Waals surface area contributed by atoms with Gasteiger partial charge in [0.2, 0.25) is 0 Å². The standard InChI is InChI=1S/BO3.Li.H3O4P/c2-1(3)4;;1-5(2,3)4/h;;(H3,1,2,3,4)/q-3;+1;/p-3. The van der Waals surface area contributed by atoms with Crippen LogP contribution in [-0.4, -0.2) is 7.32 Å². The Balaban J connectivity index is -0.0000000910. The zero-order chi connectivity index (χ0) is 8.08. The quantitative estimate of drug-likeness (QED) is 0.252. The molecule has 0 radical (unpaired) electrons. The van der Waals surface area contributed by atoms with Gasteiger partial charge in [-0.05, 0) is 0 Å². The van der Waals surface area contributed by atoms with Crippen LogP contribution in [0.1, 0.15) is 0 Å². The van der Waals surface area contributed by atoms with Crippen LogP contribution in [0, 0.1) is 0 Å². The minimum absolute atomic E-state index is 0. The second kappa shape index (κ2) is 7.76. The molecule has 0 aromatic rings. The van der Waals surface area contributed by atoms with E-state index >= 15 is 0 Å². The van der Waals surface area contributed by atoms with Gasteiger partial charge >= 0.3 is 18.9 Å². The first-order chi connectivity index (χ1) is 3.73. The molecule has 0 fully saturated rings. The topological polar surface area (TPSA) is 155 Å². The molecular formula is BLiO7P-5. The van der Waals surface area contributed by atoms with Gasteiger partial charge in [-0.2, -0.15) is 7.82 Å². The Hall–Kier alpha value is 0.652. The summed E-state index contributed by atoms with van der Waals surface area (Å²) in [6.07, 6.45) is 0. The van der Waals surface area contributed by atoms with Gasteiger partial charge in [-0.3, -0.25) is 7.32 Å². The predicted molar refractivity (Wildman–Crippen MR) is 13.4 cm³/mol. The van der Waals surface area contributed by atoms with Gasteiger partial charge in [0.05, 0.1) is 0 Å². The first kappa shape index (κ1) is 16.9. The molecule has 56 valence electrons. The molecule has 10 heavy (non-hydrogen) atoms. The Morgan fingerprint density at radius 2 is 1.00 bits per heavy atom. The van der Waals surface area contributed by atoms with E-state index in [4.69, 9.17) is 34.3 Å². The van der Waals surface area contributed by atoms with Crippen molar-refractivity contribution >= 4 is 15.1 Å². The zero-order valence-electron chi connectivity index (χ0n) is 4.88. The van der Waals surface area contributed by atoms with Crippen molar-refractivity contribution < 1.29 is 53.2 Å². The molecule has 0 aliphatic carbocycles. The maximum Gasteiger partial charge on any atom is 1.00 e. The summed E-state index contributed by atoms with van der Waals surface area (Å²) in [6, 6.07) is 0. The third-order valence-corrected chi connectivity index (χ3v) is 0. The molecule has 0 spiro atoms. The van der Waals surface area contributed by atoms with Crippen molar-refractivity contribution in [1.29, 1.82) is 0 Å². The van der Waals surface area contributed by atoms with Crippen molar-refractivity contribution in [2.75, 3.05) is 0 Å². The van der Waals surface area contributed by atoms with Crippen LogP contribution in [0.15, 0.2) is 0 Å². The summed E-state index contributed by atoms with van der Waals surface area (Å²) in [4.78, 5) is 25.6. The number of phosphoric acid groups is 1. The molecule has 0 aliphatic rings. The maximum absolute atomic E-state index is 8.55. The molecule has 0 saturated heterocycles. The Morgan fingerprint density at radius 1 is 1.00 bits per heavy atom. The Morgan fingerprint density at radius 3 is 1.00 bits per heavy atom. The summed E-state index contributed by atoms with van der Waals surface area (Å²) in [5.41, 5.74) is 0. The van der Waals surface area contributed by atoms with Crippen LogP contribution >= 0.6 is 7.82 Å². The molecule has 0 unspecified atom stereocenters. The van der Waals surface area contributed by atoms with E-state index in [1.165, 1.54) is 0 Å². The summed E-state index contributed by atoms with van der Waals surface area (Å²) in [5, 5.41) is 25.2. The molecule has 0 saturated carbocycles. The third-order valence-electron chi connectivity index (χ3n) is 0. The minimum Gasteiger partial charge on any atom is -0.907 e. The third kappa shape index (κ3) is 1190. The Bertz CT molecular complexity index is 84.8. The molecule has 0 bridgehead atoms. The van der Waals surface area contributed by atoms with E-state index in [-0.39, 0.29) is 18.9 Å². The van der Waals surface area contributed by atoms with Crippen molar-refractivity contribution in [3.8, 4) is 0 Å². The van der Waals surface area contributed by atoms with Crippen LogP contribution < -0.4 is 48.6 Å². The molecule has 10 heteroatoms. The number of hydrogen-bond acceptors (Lipinski definition) is 7. The molecule has 0 aromatic heterocycles. The SMILES string of the molecule is O=P([O-])([O-])[O-].[Li+].[O-]B([O-])[O-]. The molecule has 0 amide bonds. The minimum atomic E-state index is -5.39. The second-order valence-electron chi connectivity index (χ2n) is 0.736. The van der Waals surface area contributed by atoms with Crippen molar-refractivity contribution in [2.45, 2.75) is 0 Å². The van der Waals surface area contributed by atoms with Gasteiger partial charge in [-0.15, -0.1) is 0 Å². The van der Waals surface area contributed by atoms with Crippen molar-refractivity contribution in [3.05, 3.63) is 0 Å². The summed E-state index contributed by atoms with van der Waals surface area (Å²) >= 11 is 0. The fraction of sp³-hybridized carbons (Fsp3) is 0. The van der Waals surface area contributed by atoms with Crippen LogP contribution in [0.4, 0.5) is 0 Å². The second-order valence-corrected chi connectivity index (χ2v) is 1.63. The van der Waals surface area contributed by atoms with Gasteiger partial charge in [-0.25, -0.2) is 0 Å². The first-order valence-electron chi connectivity index (χ1n) is 1.44. The number of hydrogen-bond donors (Lipinski definition) is 0. The monoisotopic (exact) mass is 161 g/mol. The fourth-order valence-corrected chi connectivity index (χ4v) is 0. The normalized spacial score (nSPS) is 8.60. The van der Waals surface area contributed by atoms with E-state index in [2.05, 4.69) is 0 Å². The molecule has 0 aliphatic heterocycles. The summed E-state index contributed by atoms with van der Waals surface area (Å²) in [5.74, 6) is 0. The Labute approximate surface area is 68.9 Å². The van der Waals surface area contributed by atoms with Crippen LogP contribution in [0.2, 0.25) is 0 Å². The average molecular weight is 161 g/mol. The van der Waals surface area contributed by atoms with E-state index in [0.29, 0.717) is 0 Å². The zero-order valence-corrected chi connectivity index (χ0v) is 5.78. The van der Waals surface area contributed by atoms with Gasteiger partial charge in [0, 0.05) is 0 Å². The number of rotatable bonds is 0. The molecule has 0 aromatic carbocycles. The smallest absolute Gasteiger partial charge is 0.907 e. The predicted octanol–water partition coefficient (Wildman–Crippen LogP) is -9.77. The summed E-state index contributed by atoms with van der Waals surface area (Å²) < 4.78 is 8.55. The van der Waals surface area contributed by atoms with Gasteiger partial charge in [0.25, 0.3) is 0 Å². The molecule has 7 nitrogen and oxygen atoms in total. The molecule has 0 heterocycles. The summed E-state index contributed by atoms with van der Waals surface area (Å²) in [6.45, 7) is 0. The van der Waals surface area contributed by atoms with Crippen LogP contribution in [0.3, 0.4) is 0 Å². The first-order valence-corrected chi connectivity index (χ1v) is 2.90. The van der Waals surface area contributed by atoms with Crippen LogP contribution in [0.5, 0.6) is 0 Å². The average Bonchev–Trinajstić information content (AvgIpc) is 1.19. The van der Waals surface area contributed by atoms with E-state index in [1.807, 2.05) is 0 Å². The van der Waals surface area contributed by atoms with Gasteiger partial charge in [0.15, 0.2) is 0 Å². The van der Waals surface area contributed by atoms with E-state index in [1.54, 1.807) is 0 Å². The van der Waals surface area contributed by atoms with Crippen molar-refractivity contribution in [3.63, 3.8) is 0 Å². The van der Waals surface area contributed by atoms with E-state index in [9.17, 15) is 0 Å². The van der Waals surface area contributed by atoms with E-state index < -0.39 is 15.1 Å². The van der Waals surface area contributed by atoms with Gasteiger partial charge < -0.3 is 34.3 Å². The van der Waals surface area contributed by atoms with Crippen molar-refractivity contribution in [2.24, 2.45) is 0 Å². The molecular weight excluding hydrogens is 161 g/mol. The molecule has 0 N–H and O–H groups in total. The Kier molecular flexibility index (Phi) is 13.1. The molecule has 0 rings (SSSR count). The van der Waals surface area contributed by atoms with E-state index in [0.717, 1.165) is 0 Å². The maximum atomic E-state index is 8.55. The molecule has 0 atom stereocenters. The van der Waals surface area contributed by atoms with Crippen molar-refractivity contribution in [1.82, 2.24) is 0 Å².